The highest BCUT2D eigenvalue weighted by atomic mass is 32.2. The van der Waals surface area contributed by atoms with Crippen LogP contribution < -0.4 is 0 Å². The largest absolute Gasteiger partial charge is 0.294 e. The van der Waals surface area contributed by atoms with Crippen LogP contribution in [-0.4, -0.2) is 42.5 Å². The van der Waals surface area contributed by atoms with E-state index in [9.17, 15) is 26.4 Å². The minimum atomic E-state index is -4.54. The third kappa shape index (κ3) is 3.23. The SMILES string of the molecule is O=C1c2ccc(S(=O)(=O)O)cc2C(=O)[C@@H]1c1ccc2cc(S(=O)(=O)O)ccc2n1. The lowest BCUT2D eigenvalue weighted by atomic mass is 9.98. The summed E-state index contributed by atoms with van der Waals surface area (Å²) in [4.78, 5) is 28.9. The molecule has 11 heteroatoms. The van der Waals surface area contributed by atoms with Gasteiger partial charge in [-0.15, -0.1) is 0 Å². The van der Waals surface area contributed by atoms with Gasteiger partial charge in [-0.1, -0.05) is 6.07 Å². The molecule has 0 aliphatic heterocycles. The van der Waals surface area contributed by atoms with Crippen LogP contribution in [0, 0.1) is 0 Å². The van der Waals surface area contributed by atoms with Gasteiger partial charge in [0.05, 0.1) is 21.0 Å². The molecule has 0 amide bonds. The van der Waals surface area contributed by atoms with Gasteiger partial charge in [-0.2, -0.15) is 16.8 Å². The molecule has 0 bridgehead atoms. The Bertz CT molecular complexity index is 1440. The van der Waals surface area contributed by atoms with Crippen LogP contribution in [0.2, 0.25) is 0 Å². The molecule has 9 nitrogen and oxygen atoms in total. The molecular formula is C18H11NO8S2. The summed E-state index contributed by atoms with van der Waals surface area (Å²) in [5, 5.41) is 0.368. The van der Waals surface area contributed by atoms with Crippen molar-refractivity contribution in [3.05, 3.63) is 65.4 Å². The van der Waals surface area contributed by atoms with Gasteiger partial charge in [-0.05, 0) is 42.5 Å². The summed E-state index contributed by atoms with van der Waals surface area (Å²) < 4.78 is 63.4. The Morgan fingerprint density at radius 3 is 1.97 bits per heavy atom. The average Bonchev–Trinajstić information content (AvgIpc) is 2.90. The second kappa shape index (κ2) is 6.26. The minimum Gasteiger partial charge on any atom is -0.293 e. The molecule has 1 atom stereocenters. The van der Waals surface area contributed by atoms with Gasteiger partial charge in [0.1, 0.15) is 5.92 Å². The highest BCUT2D eigenvalue weighted by Crippen LogP contribution is 2.35. The summed E-state index contributed by atoms with van der Waals surface area (Å²) in [7, 11) is -8.94. The van der Waals surface area contributed by atoms with E-state index in [0.29, 0.717) is 10.9 Å². The summed E-state index contributed by atoms with van der Waals surface area (Å²) in [6.07, 6.45) is 0. The average molecular weight is 433 g/mol. The van der Waals surface area contributed by atoms with Crippen LogP contribution >= 0.6 is 0 Å². The molecule has 148 valence electrons. The Balaban J connectivity index is 1.79. The number of carbonyl (C=O) groups excluding carboxylic acids is 2. The van der Waals surface area contributed by atoms with Crippen molar-refractivity contribution in [2.45, 2.75) is 15.7 Å². The molecule has 0 saturated carbocycles. The van der Waals surface area contributed by atoms with E-state index in [2.05, 4.69) is 4.98 Å². The fraction of sp³-hybridized carbons (Fsp3) is 0.0556. The van der Waals surface area contributed by atoms with Crippen molar-refractivity contribution in [2.75, 3.05) is 0 Å². The van der Waals surface area contributed by atoms with Crippen LogP contribution in [0.4, 0.5) is 0 Å². The van der Waals surface area contributed by atoms with Gasteiger partial charge in [-0.25, -0.2) is 0 Å². The third-order valence-electron chi connectivity index (χ3n) is 4.62. The fourth-order valence-electron chi connectivity index (χ4n) is 3.24. The number of nitrogens with zero attached hydrogens (tertiary/aromatic N) is 1. The Morgan fingerprint density at radius 1 is 0.724 bits per heavy atom. The molecule has 0 unspecified atom stereocenters. The molecular weight excluding hydrogens is 422 g/mol. The smallest absolute Gasteiger partial charge is 0.293 e. The molecule has 4 rings (SSSR count). The minimum absolute atomic E-state index is 0.0241. The maximum Gasteiger partial charge on any atom is 0.294 e. The Morgan fingerprint density at radius 2 is 1.31 bits per heavy atom. The predicted molar refractivity (Wildman–Crippen MR) is 99.2 cm³/mol. The maximum atomic E-state index is 12.8. The summed E-state index contributed by atoms with van der Waals surface area (Å²) >= 11 is 0. The lowest BCUT2D eigenvalue weighted by Gasteiger charge is -2.08. The summed E-state index contributed by atoms with van der Waals surface area (Å²) in [5.74, 6) is -2.50. The number of pyridine rings is 1. The van der Waals surface area contributed by atoms with Gasteiger partial charge in [-0.3, -0.25) is 23.7 Å². The van der Waals surface area contributed by atoms with Gasteiger partial charge in [0.25, 0.3) is 20.2 Å². The van der Waals surface area contributed by atoms with Gasteiger partial charge in [0, 0.05) is 16.5 Å². The van der Waals surface area contributed by atoms with E-state index in [1.165, 1.54) is 24.3 Å². The van der Waals surface area contributed by atoms with Gasteiger partial charge < -0.3 is 0 Å². The van der Waals surface area contributed by atoms with E-state index in [1.807, 2.05) is 0 Å². The number of fused-ring (bicyclic) bond motifs is 2. The molecule has 1 aliphatic rings. The van der Waals surface area contributed by atoms with Crippen LogP contribution in [0.3, 0.4) is 0 Å². The summed E-state index contributed by atoms with van der Waals surface area (Å²) in [5.41, 5.74) is 0.302. The molecule has 29 heavy (non-hydrogen) atoms. The molecule has 0 spiro atoms. The number of Topliss-reactive ketones (excluding diaryl/α,β-unsaturated/α-hetero) is 2. The molecule has 0 fully saturated rings. The van der Waals surface area contributed by atoms with E-state index >= 15 is 0 Å². The van der Waals surface area contributed by atoms with Crippen molar-refractivity contribution in [3.63, 3.8) is 0 Å². The van der Waals surface area contributed by atoms with Gasteiger partial charge >= 0.3 is 0 Å². The van der Waals surface area contributed by atoms with Crippen LogP contribution in [0.15, 0.2) is 58.3 Å². The van der Waals surface area contributed by atoms with Crippen LogP contribution in [0.5, 0.6) is 0 Å². The van der Waals surface area contributed by atoms with E-state index in [1.54, 1.807) is 0 Å². The first-order valence-corrected chi connectivity index (χ1v) is 10.9. The Hall–Kier alpha value is -2.99. The number of ketones is 2. The van der Waals surface area contributed by atoms with Gasteiger partial charge in [0.2, 0.25) is 0 Å². The van der Waals surface area contributed by atoms with Crippen LogP contribution in [0.25, 0.3) is 10.9 Å². The molecule has 0 radical (unpaired) electrons. The highest BCUT2D eigenvalue weighted by molar-refractivity contribution is 7.86. The second-order valence-electron chi connectivity index (χ2n) is 6.41. The molecule has 0 saturated heterocycles. The zero-order valence-electron chi connectivity index (χ0n) is 14.3. The summed E-state index contributed by atoms with van der Waals surface area (Å²) in [6.45, 7) is 0. The first-order valence-electron chi connectivity index (χ1n) is 8.05. The number of aromatic nitrogens is 1. The van der Waals surface area contributed by atoms with E-state index in [-0.39, 0.29) is 21.7 Å². The van der Waals surface area contributed by atoms with Crippen LogP contribution in [-0.2, 0) is 20.2 Å². The maximum absolute atomic E-state index is 12.8. The zero-order chi connectivity index (χ0) is 21.1. The highest BCUT2D eigenvalue weighted by Gasteiger charge is 2.41. The molecule has 3 aromatic rings. The third-order valence-corrected chi connectivity index (χ3v) is 6.32. The van der Waals surface area contributed by atoms with Crippen molar-refractivity contribution in [3.8, 4) is 0 Å². The predicted octanol–water partition coefficient (Wildman–Crippen LogP) is 1.89. The molecule has 1 aromatic heterocycles. The molecule has 1 heterocycles. The van der Waals surface area contributed by atoms with E-state index in [4.69, 9.17) is 9.11 Å². The van der Waals surface area contributed by atoms with Gasteiger partial charge in [0.15, 0.2) is 11.6 Å². The first kappa shape index (κ1) is 19.3. The number of carbonyl (C=O) groups is 2. The number of benzene rings is 2. The lowest BCUT2D eigenvalue weighted by Crippen LogP contribution is -2.14. The molecule has 1 aliphatic carbocycles. The number of hydrogen-bond donors (Lipinski definition) is 2. The molecule has 2 N–H and O–H groups in total. The topological polar surface area (TPSA) is 156 Å². The Labute approximate surface area is 164 Å². The number of rotatable bonds is 3. The van der Waals surface area contributed by atoms with Crippen molar-refractivity contribution >= 4 is 42.7 Å². The summed E-state index contributed by atoms with van der Waals surface area (Å²) in [6, 6.07) is 9.66. The van der Waals surface area contributed by atoms with Crippen molar-refractivity contribution in [2.24, 2.45) is 0 Å². The lowest BCUT2D eigenvalue weighted by molar-refractivity contribution is 0.0888. The first-order chi connectivity index (χ1) is 13.5. The van der Waals surface area contributed by atoms with E-state index in [0.717, 1.165) is 24.3 Å². The van der Waals surface area contributed by atoms with Crippen molar-refractivity contribution in [1.29, 1.82) is 0 Å². The van der Waals surface area contributed by atoms with E-state index < -0.39 is 42.6 Å². The quantitative estimate of drug-likeness (QED) is 0.465. The number of hydrogen-bond acceptors (Lipinski definition) is 7. The Kier molecular flexibility index (Phi) is 4.17. The standard InChI is InChI=1S/C18H11NO8S2/c20-17-12-4-2-11(29(25,26)27)8-13(12)18(21)16(17)15-5-1-9-7-10(28(22,23)24)3-6-14(9)19-15/h1-8,16H,(H,22,23,24)(H,25,26,27)/t16-/m1/s1. The zero-order valence-corrected chi connectivity index (χ0v) is 15.9. The van der Waals surface area contributed by atoms with Crippen molar-refractivity contribution in [1.82, 2.24) is 4.98 Å². The molecule has 2 aromatic carbocycles. The van der Waals surface area contributed by atoms with Crippen LogP contribution in [0.1, 0.15) is 32.3 Å². The monoisotopic (exact) mass is 433 g/mol. The fourth-order valence-corrected chi connectivity index (χ4v) is 4.26. The second-order valence-corrected chi connectivity index (χ2v) is 9.25. The van der Waals surface area contributed by atoms with Crippen molar-refractivity contribution < 1.29 is 35.5 Å². The normalized spacial score (nSPS) is 17.0.